The molecular weight excluding hydrogens is 385 g/mol. The highest BCUT2D eigenvalue weighted by atomic mass is 35.5. The number of benzene rings is 2. The summed E-state index contributed by atoms with van der Waals surface area (Å²) >= 11 is 12.4. The molecule has 2 aromatic carbocycles. The van der Waals surface area contributed by atoms with Crippen LogP contribution in [0.4, 0.5) is 0 Å². The van der Waals surface area contributed by atoms with Gasteiger partial charge < -0.3 is 9.15 Å². The zero-order chi connectivity index (χ0) is 19.0. The van der Waals surface area contributed by atoms with Crippen LogP contribution in [-0.2, 0) is 19.5 Å². The first-order chi connectivity index (χ1) is 13.0. The molecule has 140 valence electrons. The van der Waals surface area contributed by atoms with Crippen molar-refractivity contribution in [2.45, 2.75) is 32.9 Å². The highest BCUT2D eigenvalue weighted by molar-refractivity contribution is 6.33. The number of halogens is 2. The van der Waals surface area contributed by atoms with Crippen LogP contribution in [0.5, 0.6) is 5.75 Å². The first-order valence-electron chi connectivity index (χ1n) is 8.93. The van der Waals surface area contributed by atoms with Crippen molar-refractivity contribution in [2.24, 2.45) is 0 Å². The fourth-order valence-corrected chi connectivity index (χ4v) is 3.93. The van der Waals surface area contributed by atoms with Gasteiger partial charge in [-0.1, -0.05) is 48.7 Å². The Kier molecular flexibility index (Phi) is 5.13. The van der Waals surface area contributed by atoms with E-state index in [2.05, 4.69) is 11.8 Å². The molecule has 4 rings (SSSR count). The monoisotopic (exact) mass is 403 g/mol. The molecule has 0 bridgehead atoms. The Labute approximate surface area is 167 Å². The third-order valence-corrected chi connectivity index (χ3v) is 5.27. The Hall–Kier alpha value is -2.01. The van der Waals surface area contributed by atoms with Crippen LogP contribution in [0.3, 0.4) is 0 Å². The molecule has 0 saturated heterocycles. The first-order valence-corrected chi connectivity index (χ1v) is 9.68. The minimum Gasteiger partial charge on any atom is -0.476 e. The molecule has 0 saturated carbocycles. The molecule has 27 heavy (non-hydrogen) atoms. The summed E-state index contributed by atoms with van der Waals surface area (Å²) in [6.45, 7) is 3.79. The summed E-state index contributed by atoms with van der Waals surface area (Å²) in [5.74, 6) is 0.605. The molecule has 3 aromatic rings. The van der Waals surface area contributed by atoms with E-state index in [1.807, 2.05) is 30.3 Å². The molecule has 1 aromatic heterocycles. The maximum Gasteiger partial charge on any atom is 0.336 e. The Morgan fingerprint density at radius 1 is 1.15 bits per heavy atom. The largest absolute Gasteiger partial charge is 0.476 e. The lowest BCUT2D eigenvalue weighted by atomic mass is 10.0. The van der Waals surface area contributed by atoms with Gasteiger partial charge in [0, 0.05) is 29.6 Å². The van der Waals surface area contributed by atoms with Crippen LogP contribution in [-0.4, -0.2) is 11.6 Å². The molecule has 0 spiro atoms. The fraction of sp³-hybridized carbons (Fsp3) is 0.286. The predicted octanol–water partition coefficient (Wildman–Crippen LogP) is 5.40. The Balaban J connectivity index is 1.74. The molecule has 0 N–H and O–H groups in total. The third-order valence-electron chi connectivity index (χ3n) is 4.73. The number of ether oxygens (including phenoxy) is 1. The van der Waals surface area contributed by atoms with Crippen molar-refractivity contribution in [2.75, 3.05) is 6.73 Å². The van der Waals surface area contributed by atoms with E-state index >= 15 is 0 Å². The highest BCUT2D eigenvalue weighted by Crippen LogP contribution is 2.39. The van der Waals surface area contributed by atoms with Gasteiger partial charge in [0.25, 0.3) is 0 Å². The average Bonchev–Trinajstić information content (AvgIpc) is 2.65. The van der Waals surface area contributed by atoms with Gasteiger partial charge in [0.1, 0.15) is 18.1 Å². The van der Waals surface area contributed by atoms with Gasteiger partial charge in [-0.15, -0.1) is 0 Å². The fourth-order valence-electron chi connectivity index (χ4n) is 3.52. The summed E-state index contributed by atoms with van der Waals surface area (Å²) in [4.78, 5) is 14.2. The molecule has 0 unspecified atom stereocenters. The SMILES string of the molecule is CCCc1cc(=O)oc2c3c(c(Cl)cc12)OCN(Cc1ccc(Cl)cc1)C3. The Morgan fingerprint density at radius 2 is 1.93 bits per heavy atom. The Morgan fingerprint density at radius 3 is 2.67 bits per heavy atom. The summed E-state index contributed by atoms with van der Waals surface area (Å²) < 4.78 is 11.5. The van der Waals surface area contributed by atoms with E-state index < -0.39 is 0 Å². The number of hydrogen-bond acceptors (Lipinski definition) is 4. The van der Waals surface area contributed by atoms with Gasteiger partial charge in [-0.2, -0.15) is 0 Å². The molecule has 2 heterocycles. The van der Waals surface area contributed by atoms with E-state index in [9.17, 15) is 4.79 Å². The lowest BCUT2D eigenvalue weighted by Crippen LogP contribution is -2.32. The van der Waals surface area contributed by atoms with E-state index in [0.29, 0.717) is 41.2 Å². The van der Waals surface area contributed by atoms with Crippen LogP contribution >= 0.6 is 23.2 Å². The van der Waals surface area contributed by atoms with Crippen LogP contribution < -0.4 is 10.4 Å². The molecule has 0 atom stereocenters. The second kappa shape index (κ2) is 7.55. The van der Waals surface area contributed by atoms with Crippen molar-refractivity contribution in [3.05, 3.63) is 73.6 Å². The van der Waals surface area contributed by atoms with Crippen molar-refractivity contribution >= 4 is 34.2 Å². The van der Waals surface area contributed by atoms with Gasteiger partial charge in [0.15, 0.2) is 0 Å². The average molecular weight is 404 g/mol. The van der Waals surface area contributed by atoms with Crippen molar-refractivity contribution in [1.29, 1.82) is 0 Å². The van der Waals surface area contributed by atoms with Crippen molar-refractivity contribution in [1.82, 2.24) is 4.90 Å². The summed E-state index contributed by atoms with van der Waals surface area (Å²) in [7, 11) is 0. The zero-order valence-electron chi connectivity index (χ0n) is 14.9. The first kappa shape index (κ1) is 18.4. The van der Waals surface area contributed by atoms with Crippen LogP contribution in [0.25, 0.3) is 11.0 Å². The predicted molar refractivity (Wildman–Crippen MR) is 108 cm³/mol. The summed E-state index contributed by atoms with van der Waals surface area (Å²) in [6.07, 6.45) is 1.74. The van der Waals surface area contributed by atoms with Crippen LogP contribution in [0.1, 0.15) is 30.0 Å². The molecular formula is C21H19Cl2NO3. The van der Waals surface area contributed by atoms with Crippen LogP contribution in [0, 0.1) is 0 Å². The molecule has 0 amide bonds. The maximum absolute atomic E-state index is 12.1. The van der Waals surface area contributed by atoms with Crippen molar-refractivity contribution in [3.8, 4) is 5.75 Å². The quantitative estimate of drug-likeness (QED) is 0.546. The standard InChI is InChI=1S/C21H19Cl2NO3/c1-2-3-14-8-19(25)27-20-16(14)9-18(23)21-17(20)11-24(12-26-21)10-13-4-6-15(22)7-5-13/h4-9H,2-3,10-12H2,1H3. The van der Waals surface area contributed by atoms with Crippen LogP contribution in [0.15, 0.2) is 45.6 Å². The maximum atomic E-state index is 12.1. The number of aryl methyl sites for hydroxylation is 1. The molecule has 4 nitrogen and oxygen atoms in total. The summed E-state index contributed by atoms with van der Waals surface area (Å²) in [6, 6.07) is 11.1. The highest BCUT2D eigenvalue weighted by Gasteiger charge is 2.25. The van der Waals surface area contributed by atoms with Gasteiger partial charge in [-0.25, -0.2) is 4.79 Å². The number of rotatable bonds is 4. The Bertz CT molecular complexity index is 1040. The smallest absolute Gasteiger partial charge is 0.336 e. The van der Waals surface area contributed by atoms with E-state index in [1.165, 1.54) is 0 Å². The van der Waals surface area contributed by atoms with Crippen LogP contribution in [0.2, 0.25) is 10.0 Å². The molecule has 1 aliphatic heterocycles. The second-order valence-corrected chi connectivity index (χ2v) is 7.61. The number of fused-ring (bicyclic) bond motifs is 3. The van der Waals surface area contributed by atoms with E-state index in [4.69, 9.17) is 32.4 Å². The lowest BCUT2D eigenvalue weighted by molar-refractivity contribution is 0.0890. The normalized spacial score (nSPS) is 14.2. The molecule has 0 radical (unpaired) electrons. The minimum atomic E-state index is -0.342. The third kappa shape index (κ3) is 3.70. The van der Waals surface area contributed by atoms with Gasteiger partial charge >= 0.3 is 5.63 Å². The van der Waals surface area contributed by atoms with Crippen molar-refractivity contribution in [3.63, 3.8) is 0 Å². The molecule has 1 aliphatic rings. The number of nitrogens with zero attached hydrogens (tertiary/aromatic N) is 1. The topological polar surface area (TPSA) is 42.7 Å². The molecule has 6 heteroatoms. The summed E-state index contributed by atoms with van der Waals surface area (Å²) in [5, 5.41) is 2.15. The lowest BCUT2D eigenvalue weighted by Gasteiger charge is -2.30. The zero-order valence-corrected chi connectivity index (χ0v) is 16.4. The van der Waals surface area contributed by atoms with E-state index in [0.717, 1.165) is 34.9 Å². The van der Waals surface area contributed by atoms with Gasteiger partial charge in [0.05, 0.1) is 10.6 Å². The summed E-state index contributed by atoms with van der Waals surface area (Å²) in [5.41, 5.74) is 3.15. The second-order valence-electron chi connectivity index (χ2n) is 6.77. The molecule has 0 fully saturated rings. The van der Waals surface area contributed by atoms with Gasteiger partial charge in [-0.3, -0.25) is 4.90 Å². The minimum absolute atomic E-state index is 0.342. The van der Waals surface area contributed by atoms with Crippen molar-refractivity contribution < 1.29 is 9.15 Å². The van der Waals surface area contributed by atoms with Gasteiger partial charge in [0.2, 0.25) is 0 Å². The van der Waals surface area contributed by atoms with Gasteiger partial charge in [-0.05, 0) is 35.7 Å². The number of hydrogen-bond donors (Lipinski definition) is 0. The van der Waals surface area contributed by atoms with E-state index in [-0.39, 0.29) is 5.63 Å². The molecule has 0 aliphatic carbocycles. The van der Waals surface area contributed by atoms with E-state index in [1.54, 1.807) is 6.07 Å².